The van der Waals surface area contributed by atoms with E-state index in [-0.39, 0.29) is 17.2 Å². The SMILES string of the molecule is Cc1cn([C@@H]2O[C@H](CO)[C@@H](O)[C@H]2O[Si](C)(C)C(C)(C)C)c(=O)n(CC(=O)OCc2ccccc2)c1=O. The van der Waals surface area contributed by atoms with Crippen LogP contribution in [0.25, 0.3) is 0 Å². The average molecular weight is 521 g/mol. The van der Waals surface area contributed by atoms with Crippen LogP contribution in [0.5, 0.6) is 0 Å². The number of ether oxygens (including phenoxy) is 2. The number of rotatable bonds is 8. The quantitative estimate of drug-likeness (QED) is 0.398. The van der Waals surface area contributed by atoms with Gasteiger partial charge in [-0.3, -0.25) is 14.2 Å². The highest BCUT2D eigenvalue weighted by Gasteiger charge is 2.50. The van der Waals surface area contributed by atoms with Crippen LogP contribution in [-0.2, 0) is 31.8 Å². The van der Waals surface area contributed by atoms with Crippen LogP contribution in [0, 0.1) is 6.92 Å². The highest BCUT2D eigenvalue weighted by molar-refractivity contribution is 6.74. The summed E-state index contributed by atoms with van der Waals surface area (Å²) in [5, 5.41) is 20.4. The molecule has 2 aromatic rings. The summed E-state index contributed by atoms with van der Waals surface area (Å²) in [7, 11) is -2.43. The van der Waals surface area contributed by atoms with Gasteiger partial charge in [-0.05, 0) is 30.6 Å². The Labute approximate surface area is 211 Å². The first kappa shape index (κ1) is 28.0. The van der Waals surface area contributed by atoms with Crippen molar-refractivity contribution < 1.29 is 28.9 Å². The topological polar surface area (TPSA) is 129 Å². The van der Waals surface area contributed by atoms with E-state index in [1.54, 1.807) is 12.1 Å². The number of hydrogen-bond acceptors (Lipinski definition) is 8. The maximum Gasteiger partial charge on any atom is 0.333 e. The molecule has 0 radical (unpaired) electrons. The second kappa shape index (κ2) is 10.8. The highest BCUT2D eigenvalue weighted by Crippen LogP contribution is 2.41. The highest BCUT2D eigenvalue weighted by atomic mass is 28.4. The lowest BCUT2D eigenvalue weighted by atomic mass is 10.1. The van der Waals surface area contributed by atoms with Crippen molar-refractivity contribution in [2.75, 3.05) is 6.61 Å². The van der Waals surface area contributed by atoms with Gasteiger partial charge in [0.25, 0.3) is 5.56 Å². The van der Waals surface area contributed by atoms with Gasteiger partial charge in [-0.2, -0.15) is 0 Å². The third-order valence-corrected chi connectivity index (χ3v) is 11.4. The lowest BCUT2D eigenvalue weighted by molar-refractivity contribution is -0.145. The molecule has 0 bridgehead atoms. The van der Waals surface area contributed by atoms with E-state index < -0.39 is 63.2 Å². The number of aromatic nitrogens is 2. The Hall–Kier alpha value is -2.57. The van der Waals surface area contributed by atoms with Crippen molar-refractivity contribution in [1.82, 2.24) is 9.13 Å². The van der Waals surface area contributed by atoms with E-state index in [1.165, 1.54) is 13.1 Å². The van der Waals surface area contributed by atoms with Gasteiger partial charge in [0, 0.05) is 11.8 Å². The van der Waals surface area contributed by atoms with Gasteiger partial charge < -0.3 is 24.1 Å². The molecule has 2 N–H and O–H groups in total. The minimum Gasteiger partial charge on any atom is -0.459 e. The summed E-state index contributed by atoms with van der Waals surface area (Å²) in [5.74, 6) is -0.745. The molecule has 198 valence electrons. The van der Waals surface area contributed by atoms with Crippen molar-refractivity contribution >= 4 is 14.3 Å². The molecule has 4 atom stereocenters. The Morgan fingerprint density at radius 3 is 2.39 bits per heavy atom. The van der Waals surface area contributed by atoms with E-state index in [0.717, 1.165) is 14.7 Å². The smallest absolute Gasteiger partial charge is 0.333 e. The average Bonchev–Trinajstić information content (AvgIpc) is 3.12. The molecule has 36 heavy (non-hydrogen) atoms. The molecule has 10 nitrogen and oxygen atoms in total. The van der Waals surface area contributed by atoms with Gasteiger partial charge in [0.2, 0.25) is 0 Å². The van der Waals surface area contributed by atoms with E-state index in [9.17, 15) is 24.6 Å². The summed E-state index contributed by atoms with van der Waals surface area (Å²) in [4.78, 5) is 38.7. The van der Waals surface area contributed by atoms with Crippen LogP contribution in [0.2, 0.25) is 18.1 Å². The molecule has 0 spiro atoms. The first-order valence-corrected chi connectivity index (χ1v) is 14.8. The molecule has 1 aliphatic rings. The van der Waals surface area contributed by atoms with Crippen molar-refractivity contribution in [3.05, 3.63) is 68.5 Å². The Bertz CT molecular complexity index is 1190. The number of hydrogen-bond donors (Lipinski definition) is 2. The molecule has 0 aliphatic carbocycles. The zero-order valence-corrected chi connectivity index (χ0v) is 22.6. The van der Waals surface area contributed by atoms with Crippen LogP contribution in [-0.4, -0.2) is 58.6 Å². The summed E-state index contributed by atoms with van der Waals surface area (Å²) in [6.07, 6.45) is -2.91. The fraction of sp³-hybridized carbons (Fsp3) is 0.560. The zero-order valence-electron chi connectivity index (χ0n) is 21.6. The molecule has 1 fully saturated rings. The number of aliphatic hydroxyl groups is 2. The van der Waals surface area contributed by atoms with Crippen LogP contribution in [0.15, 0.2) is 46.1 Å². The number of benzene rings is 1. The van der Waals surface area contributed by atoms with E-state index >= 15 is 0 Å². The molecule has 0 saturated carbocycles. The molecule has 0 amide bonds. The van der Waals surface area contributed by atoms with Crippen LogP contribution >= 0.6 is 0 Å². The number of aryl methyl sites for hydroxylation is 1. The standard InChI is InChI=1S/C25H36N2O8Si/c1-16-12-27(23-21(20(30)18(14-28)34-23)35-36(5,6)25(2,3)4)24(32)26(22(16)31)13-19(29)33-15-17-10-8-7-9-11-17/h7-12,18,20-21,23,28,30H,13-15H2,1-6H3/t18-,20-,21-,23-/m1/s1. The minimum atomic E-state index is -2.43. The maximum absolute atomic E-state index is 13.4. The Morgan fingerprint density at radius 2 is 1.81 bits per heavy atom. The monoisotopic (exact) mass is 520 g/mol. The van der Waals surface area contributed by atoms with Crippen molar-refractivity contribution in [2.45, 2.75) is 83.5 Å². The fourth-order valence-corrected chi connectivity index (χ4v) is 5.02. The van der Waals surface area contributed by atoms with Crippen molar-refractivity contribution in [2.24, 2.45) is 0 Å². The maximum atomic E-state index is 13.4. The van der Waals surface area contributed by atoms with Crippen LogP contribution in [0.1, 0.15) is 38.1 Å². The third-order valence-electron chi connectivity index (χ3n) is 6.90. The summed E-state index contributed by atoms with van der Waals surface area (Å²) in [5.41, 5.74) is -0.468. The predicted molar refractivity (Wildman–Crippen MR) is 135 cm³/mol. The molecule has 1 aromatic heterocycles. The van der Waals surface area contributed by atoms with E-state index in [4.69, 9.17) is 13.9 Å². The first-order valence-electron chi connectivity index (χ1n) is 11.9. The summed E-state index contributed by atoms with van der Waals surface area (Å²) in [6, 6.07) is 9.05. The van der Waals surface area contributed by atoms with Crippen LogP contribution in [0.3, 0.4) is 0 Å². The summed E-state index contributed by atoms with van der Waals surface area (Å²) >= 11 is 0. The Kier molecular flexibility index (Phi) is 8.41. The molecule has 1 aliphatic heterocycles. The largest absolute Gasteiger partial charge is 0.459 e. The fourth-order valence-electron chi connectivity index (χ4n) is 3.73. The number of esters is 1. The Morgan fingerprint density at radius 1 is 1.17 bits per heavy atom. The van der Waals surface area contributed by atoms with Gasteiger partial charge in [-0.15, -0.1) is 0 Å². The summed E-state index contributed by atoms with van der Waals surface area (Å²) < 4.78 is 19.5. The van der Waals surface area contributed by atoms with Crippen molar-refractivity contribution in [1.29, 1.82) is 0 Å². The third kappa shape index (κ3) is 5.87. The van der Waals surface area contributed by atoms with Crippen molar-refractivity contribution in [3.63, 3.8) is 0 Å². The predicted octanol–water partition coefficient (Wildman–Crippen LogP) is 1.70. The number of carbonyl (C=O) groups excluding carboxylic acids is 1. The summed E-state index contributed by atoms with van der Waals surface area (Å²) in [6.45, 7) is 10.6. The zero-order chi connectivity index (χ0) is 26.8. The normalized spacial score (nSPS) is 22.6. The molecule has 0 unspecified atom stereocenters. The van der Waals surface area contributed by atoms with Gasteiger partial charge in [0.15, 0.2) is 14.5 Å². The van der Waals surface area contributed by atoms with E-state index in [0.29, 0.717) is 0 Å². The van der Waals surface area contributed by atoms with Gasteiger partial charge in [0.1, 0.15) is 31.5 Å². The molecule has 2 heterocycles. The molecular weight excluding hydrogens is 484 g/mol. The molecule has 1 aromatic carbocycles. The van der Waals surface area contributed by atoms with Crippen LogP contribution < -0.4 is 11.2 Å². The lowest BCUT2D eigenvalue weighted by Crippen LogP contribution is -2.51. The lowest BCUT2D eigenvalue weighted by Gasteiger charge is -2.40. The molecule has 11 heteroatoms. The number of carbonyl (C=O) groups is 1. The van der Waals surface area contributed by atoms with Gasteiger partial charge >= 0.3 is 11.7 Å². The molecule has 3 rings (SSSR count). The molecular formula is C25H36N2O8Si. The second-order valence-electron chi connectivity index (χ2n) is 10.6. The second-order valence-corrected chi connectivity index (χ2v) is 15.4. The first-order chi connectivity index (χ1) is 16.8. The van der Waals surface area contributed by atoms with Crippen molar-refractivity contribution in [3.8, 4) is 0 Å². The van der Waals surface area contributed by atoms with Gasteiger partial charge in [-0.25, -0.2) is 9.36 Å². The van der Waals surface area contributed by atoms with Crippen LogP contribution in [0.4, 0.5) is 0 Å². The minimum absolute atomic E-state index is 0.00691. The van der Waals surface area contributed by atoms with Gasteiger partial charge in [-0.1, -0.05) is 51.1 Å². The molecule has 1 saturated heterocycles. The van der Waals surface area contributed by atoms with E-state index in [2.05, 4.69) is 0 Å². The van der Waals surface area contributed by atoms with E-state index in [1.807, 2.05) is 52.1 Å². The number of nitrogens with zero attached hydrogens (tertiary/aromatic N) is 2. The number of aliphatic hydroxyl groups excluding tert-OH is 2. The van der Waals surface area contributed by atoms with Gasteiger partial charge in [0.05, 0.1) is 6.61 Å². The Balaban J connectivity index is 1.93.